The van der Waals surface area contributed by atoms with Crippen LogP contribution in [0.25, 0.3) is 22.0 Å². The third-order valence-corrected chi connectivity index (χ3v) is 10.3. The molecule has 1 unspecified atom stereocenters. The van der Waals surface area contributed by atoms with Crippen LogP contribution in [0.2, 0.25) is 5.02 Å². The van der Waals surface area contributed by atoms with Crippen LogP contribution >= 0.6 is 11.6 Å². The number of carbonyl (C=O) groups excluding carboxylic acids is 1. The van der Waals surface area contributed by atoms with Crippen molar-refractivity contribution in [2.45, 2.75) is 56.7 Å². The van der Waals surface area contributed by atoms with E-state index in [-0.39, 0.29) is 57.1 Å². The number of aromatic nitrogens is 5. The first-order valence-electron chi connectivity index (χ1n) is 17.0. The maximum atomic E-state index is 15.4. The average molecular weight is 814 g/mol. The maximum Gasteiger partial charge on any atom is 0.356 e. The summed E-state index contributed by atoms with van der Waals surface area (Å²) in [5.41, 5.74) is -1.60. The molecule has 2 aliphatic carbocycles. The number of amides is 1. The maximum absolute atomic E-state index is 15.4. The Kier molecular flexibility index (Phi) is 9.41. The molecule has 0 bridgehead atoms. The number of hydrogen-bond donors (Lipinski definition) is 4. The molecule has 1 fully saturated rings. The fraction of sp³-hybridized carbons (Fsp3) is 0.324. The number of hydrogen-bond acceptors (Lipinski definition) is 8. The number of aliphatic hydroxyl groups is 1. The van der Waals surface area contributed by atoms with Gasteiger partial charge in [0.15, 0.2) is 11.5 Å². The van der Waals surface area contributed by atoms with E-state index in [0.717, 1.165) is 18.4 Å². The summed E-state index contributed by atoms with van der Waals surface area (Å²) in [6, 6.07) is 7.62. The monoisotopic (exact) mass is 813 g/mol. The smallest absolute Gasteiger partial charge is 0.356 e. The minimum Gasteiger partial charge on any atom is -0.476 e. The molecule has 1 saturated carbocycles. The van der Waals surface area contributed by atoms with Gasteiger partial charge in [-0.25, -0.2) is 27.0 Å². The van der Waals surface area contributed by atoms with Crippen LogP contribution in [0.4, 0.5) is 23.4 Å². The van der Waals surface area contributed by atoms with Crippen molar-refractivity contribution in [1.82, 2.24) is 29.9 Å². The molecule has 4 N–H and O–H groups in total. The van der Waals surface area contributed by atoms with Crippen molar-refractivity contribution in [1.29, 1.82) is 0 Å². The highest BCUT2D eigenvalue weighted by Crippen LogP contribution is 2.67. The third-order valence-electron chi connectivity index (χ3n) is 9.39. The van der Waals surface area contributed by atoms with Gasteiger partial charge in [-0.2, -0.15) is 19.0 Å². The number of carboxylic acid groups (broad SMARTS) is 1. The summed E-state index contributed by atoms with van der Waals surface area (Å²) in [6.07, 6.45) is 0.711. The van der Waals surface area contributed by atoms with E-state index >= 15 is 8.78 Å². The van der Waals surface area contributed by atoms with Crippen LogP contribution in [0.1, 0.15) is 70.9 Å². The number of pyridine rings is 1. The Balaban J connectivity index is 1.39. The molecule has 13 nitrogen and oxygen atoms in total. The third kappa shape index (κ3) is 7.41. The van der Waals surface area contributed by atoms with Crippen LogP contribution in [0.3, 0.4) is 0 Å². The molecule has 3 heterocycles. The zero-order valence-corrected chi connectivity index (χ0v) is 31.5. The first kappa shape index (κ1) is 38.8. The van der Waals surface area contributed by atoms with Gasteiger partial charge >= 0.3 is 5.97 Å². The number of nitrogens with zero attached hydrogens (tertiary/aromatic N) is 5. The number of nitrogens with one attached hydrogen (secondary N) is 2. The second kappa shape index (κ2) is 13.6. The van der Waals surface area contributed by atoms with E-state index in [1.54, 1.807) is 12.1 Å². The molecule has 2 aromatic carbocycles. The van der Waals surface area contributed by atoms with Crippen LogP contribution in [-0.4, -0.2) is 66.9 Å². The van der Waals surface area contributed by atoms with Gasteiger partial charge in [0.25, 0.3) is 5.92 Å². The Morgan fingerprint density at radius 3 is 2.43 bits per heavy atom. The van der Waals surface area contributed by atoms with E-state index in [9.17, 15) is 37.0 Å². The molecule has 7 rings (SSSR count). The van der Waals surface area contributed by atoms with Gasteiger partial charge in [0, 0.05) is 35.7 Å². The lowest BCUT2D eigenvalue weighted by molar-refractivity contribution is -0.123. The number of aryl methyl sites for hydroxylation is 1. The molecule has 1 amide bonds. The molecule has 0 saturated heterocycles. The van der Waals surface area contributed by atoms with E-state index in [4.69, 9.17) is 16.6 Å². The Morgan fingerprint density at radius 1 is 1.11 bits per heavy atom. The number of sulfonamides is 1. The Bertz CT molecular complexity index is 2640. The Labute approximate surface area is 321 Å². The molecule has 0 aliphatic heterocycles. The topological polar surface area (TPSA) is 181 Å². The number of fused-ring (bicyclic) bond motifs is 4. The van der Waals surface area contributed by atoms with Gasteiger partial charge in [-0.1, -0.05) is 23.6 Å². The zero-order chi connectivity index (χ0) is 40.6. The zero-order valence-electron chi connectivity index (χ0n) is 30.0. The minimum absolute atomic E-state index is 0.0523. The first-order valence-corrected chi connectivity index (χ1v) is 19.2. The normalized spacial score (nSPS) is 17.5. The standard InChI is InChI=1S/C37H32ClF4N7O6S/c1-36(2,53)10-9-20-5-6-21(22-7-8-25(38)29-32(22)48(3)46-34(29)47-56(4,54)55)30(43-20)26(13-17-11-18(39)14-19(40)12-17)44-27(50)16-49-33-28(31(45-49)35(51)52)23-15-24(23)37(33,41)42/h5-8,11-12,14,23-24,26,53H,13,15-16H2,1-4H3,(H,44,50)(H,46,47)(H,51,52)/t23-,24+,26?/m0/s1. The molecule has 56 heavy (non-hydrogen) atoms. The largest absolute Gasteiger partial charge is 0.476 e. The highest BCUT2D eigenvalue weighted by Gasteiger charge is 2.67. The second-order valence-corrected chi connectivity index (χ2v) is 16.5. The SMILES string of the molecule is Cn1nc(NS(C)(=O)=O)c2c(Cl)ccc(-c3ccc(C#CC(C)(C)O)nc3C(Cc3cc(F)cc(F)c3)NC(=O)Cn3nc(C(=O)O)c4c3C(F)(F)[C@@H]3C[C@H]43)c21. The van der Waals surface area contributed by atoms with Crippen LogP contribution in [0.5, 0.6) is 0 Å². The van der Waals surface area contributed by atoms with Gasteiger partial charge in [0.2, 0.25) is 15.9 Å². The Morgan fingerprint density at radius 2 is 1.79 bits per heavy atom. The fourth-order valence-corrected chi connectivity index (χ4v) is 7.93. The van der Waals surface area contributed by atoms with Gasteiger partial charge in [-0.15, -0.1) is 0 Å². The predicted octanol–water partition coefficient (Wildman–Crippen LogP) is 5.26. The van der Waals surface area contributed by atoms with E-state index < -0.39 is 80.9 Å². The second-order valence-electron chi connectivity index (χ2n) is 14.4. The van der Waals surface area contributed by atoms with E-state index in [0.29, 0.717) is 21.8 Å². The molecule has 3 aromatic heterocycles. The highest BCUT2D eigenvalue weighted by atomic mass is 35.5. The number of carboxylic acids is 1. The molecular weight excluding hydrogens is 782 g/mol. The lowest BCUT2D eigenvalue weighted by atomic mass is 9.93. The van der Waals surface area contributed by atoms with Crippen LogP contribution < -0.4 is 10.0 Å². The molecular formula is C37H32ClF4N7O6S. The minimum atomic E-state index is -3.82. The van der Waals surface area contributed by atoms with Crippen LogP contribution in [0.15, 0.2) is 42.5 Å². The molecule has 19 heteroatoms. The van der Waals surface area contributed by atoms with Crippen molar-refractivity contribution in [3.05, 3.63) is 93.0 Å². The number of anilines is 1. The lowest BCUT2D eigenvalue weighted by Crippen LogP contribution is -2.35. The summed E-state index contributed by atoms with van der Waals surface area (Å²) in [4.78, 5) is 30.7. The average Bonchev–Trinajstić information content (AvgIpc) is 3.62. The number of halogens is 5. The van der Waals surface area contributed by atoms with Crippen molar-refractivity contribution in [3.63, 3.8) is 0 Å². The van der Waals surface area contributed by atoms with Gasteiger partial charge in [-0.05, 0) is 74.4 Å². The van der Waals surface area contributed by atoms with E-state index in [1.807, 2.05) is 0 Å². The first-order chi connectivity index (χ1) is 26.1. The quantitative estimate of drug-likeness (QED) is 0.108. The predicted molar refractivity (Wildman–Crippen MR) is 195 cm³/mol. The van der Waals surface area contributed by atoms with Crippen molar-refractivity contribution in [2.24, 2.45) is 13.0 Å². The fourth-order valence-electron chi connectivity index (χ4n) is 7.20. The Hall–Kier alpha value is -5.51. The van der Waals surface area contributed by atoms with Crippen molar-refractivity contribution < 1.29 is 45.8 Å². The molecule has 0 radical (unpaired) electrons. The number of benzene rings is 2. The van der Waals surface area contributed by atoms with Crippen LogP contribution in [-0.2, 0) is 40.8 Å². The summed E-state index contributed by atoms with van der Waals surface area (Å²) in [5.74, 6) is -4.18. The molecule has 3 atom stereocenters. The summed E-state index contributed by atoms with van der Waals surface area (Å²) in [7, 11) is -2.28. The lowest BCUT2D eigenvalue weighted by Gasteiger charge is -2.23. The van der Waals surface area contributed by atoms with Gasteiger partial charge in [0.05, 0.1) is 33.9 Å². The summed E-state index contributed by atoms with van der Waals surface area (Å²) < 4.78 is 88.8. The van der Waals surface area contributed by atoms with Crippen LogP contribution in [0, 0.1) is 29.4 Å². The van der Waals surface area contributed by atoms with E-state index in [2.05, 4.69) is 32.1 Å². The van der Waals surface area contributed by atoms with Crippen molar-refractivity contribution in [3.8, 4) is 23.0 Å². The number of carbonyl (C=O) groups is 2. The number of rotatable bonds is 10. The van der Waals surface area contributed by atoms with Crippen molar-refractivity contribution in [2.75, 3.05) is 11.0 Å². The highest BCUT2D eigenvalue weighted by molar-refractivity contribution is 7.92. The van der Waals surface area contributed by atoms with Gasteiger partial charge in [-0.3, -0.25) is 18.9 Å². The van der Waals surface area contributed by atoms with E-state index in [1.165, 1.54) is 37.7 Å². The van der Waals surface area contributed by atoms with Gasteiger partial charge < -0.3 is 15.5 Å². The summed E-state index contributed by atoms with van der Waals surface area (Å²) in [5, 5.41) is 31.4. The molecule has 292 valence electrons. The molecule has 5 aromatic rings. The number of alkyl halides is 2. The summed E-state index contributed by atoms with van der Waals surface area (Å²) in [6.45, 7) is 2.04. The number of aromatic carboxylic acids is 1. The molecule has 0 spiro atoms. The van der Waals surface area contributed by atoms with Gasteiger partial charge in [0.1, 0.15) is 35.2 Å². The van der Waals surface area contributed by atoms with Crippen molar-refractivity contribution >= 4 is 50.2 Å². The summed E-state index contributed by atoms with van der Waals surface area (Å²) >= 11 is 6.58. The molecule has 2 aliphatic rings.